The Bertz CT molecular complexity index is 653. The van der Waals surface area contributed by atoms with Crippen LogP contribution < -0.4 is 10.6 Å². The molecule has 6 nitrogen and oxygen atoms in total. The first-order chi connectivity index (χ1) is 11.4. The quantitative estimate of drug-likeness (QED) is 0.820. The zero-order chi connectivity index (χ0) is 17.6. The van der Waals surface area contributed by atoms with E-state index in [2.05, 4.69) is 15.7 Å². The molecule has 0 unspecified atom stereocenters. The number of carbonyl (C=O) groups is 1. The second-order valence-corrected chi connectivity index (χ2v) is 6.52. The predicted molar refractivity (Wildman–Crippen MR) is 94.1 cm³/mol. The first kappa shape index (κ1) is 18.0. The highest BCUT2D eigenvalue weighted by Gasteiger charge is 2.21. The molecule has 24 heavy (non-hydrogen) atoms. The zero-order valence-corrected chi connectivity index (χ0v) is 14.7. The molecule has 130 valence electrons. The third-order valence-corrected chi connectivity index (χ3v) is 3.86. The van der Waals surface area contributed by atoms with Crippen LogP contribution in [0.5, 0.6) is 0 Å². The Balaban J connectivity index is 1.85. The number of nitrogens with zero attached hydrogens (tertiary/aromatic N) is 2. The van der Waals surface area contributed by atoms with Gasteiger partial charge < -0.3 is 15.4 Å². The van der Waals surface area contributed by atoms with Crippen LogP contribution in [-0.4, -0.2) is 34.6 Å². The highest BCUT2D eigenvalue weighted by Crippen LogP contribution is 2.15. The number of hydrogen-bond acceptors (Lipinski definition) is 3. The number of methoxy groups -OCH3 is 1. The van der Waals surface area contributed by atoms with Gasteiger partial charge in [-0.05, 0) is 51.0 Å². The summed E-state index contributed by atoms with van der Waals surface area (Å²) in [7, 11) is 1.68. The molecular formula is C18H26N4O2. The Labute approximate surface area is 143 Å². The molecule has 0 aliphatic rings. The SMILES string of the molecule is COC(C)(C)C[C@H](C)NC(=O)NCc1cccc(-n2cccn2)c1. The summed E-state index contributed by atoms with van der Waals surface area (Å²) >= 11 is 0. The highest BCUT2D eigenvalue weighted by atomic mass is 16.5. The van der Waals surface area contributed by atoms with Crippen molar-refractivity contribution in [2.24, 2.45) is 0 Å². The van der Waals surface area contributed by atoms with Crippen LogP contribution in [0.2, 0.25) is 0 Å². The van der Waals surface area contributed by atoms with Crippen LogP contribution >= 0.6 is 0 Å². The zero-order valence-electron chi connectivity index (χ0n) is 14.7. The van der Waals surface area contributed by atoms with E-state index in [0.29, 0.717) is 6.54 Å². The number of urea groups is 1. The second kappa shape index (κ2) is 7.97. The summed E-state index contributed by atoms with van der Waals surface area (Å²) in [5, 5.41) is 10.0. The maximum Gasteiger partial charge on any atom is 0.315 e. The smallest absolute Gasteiger partial charge is 0.315 e. The molecule has 0 saturated heterocycles. The number of hydrogen-bond donors (Lipinski definition) is 2. The summed E-state index contributed by atoms with van der Waals surface area (Å²) in [5.74, 6) is 0. The molecule has 0 fully saturated rings. The number of ether oxygens (including phenoxy) is 1. The van der Waals surface area contributed by atoms with E-state index < -0.39 is 0 Å². The maximum absolute atomic E-state index is 12.0. The van der Waals surface area contributed by atoms with Gasteiger partial charge in [-0.15, -0.1) is 0 Å². The third kappa shape index (κ3) is 5.38. The van der Waals surface area contributed by atoms with Crippen LogP contribution in [0.25, 0.3) is 5.69 Å². The van der Waals surface area contributed by atoms with Gasteiger partial charge in [0.2, 0.25) is 0 Å². The van der Waals surface area contributed by atoms with Crippen molar-refractivity contribution in [2.75, 3.05) is 7.11 Å². The highest BCUT2D eigenvalue weighted by molar-refractivity contribution is 5.74. The van der Waals surface area contributed by atoms with Crippen LogP contribution in [0.4, 0.5) is 4.79 Å². The molecular weight excluding hydrogens is 304 g/mol. The monoisotopic (exact) mass is 330 g/mol. The lowest BCUT2D eigenvalue weighted by Gasteiger charge is -2.27. The van der Waals surface area contributed by atoms with Gasteiger partial charge in [-0.25, -0.2) is 9.48 Å². The molecule has 0 spiro atoms. The van der Waals surface area contributed by atoms with Gasteiger partial charge in [0.15, 0.2) is 0 Å². The molecule has 0 aliphatic carbocycles. The second-order valence-electron chi connectivity index (χ2n) is 6.52. The average molecular weight is 330 g/mol. The van der Waals surface area contributed by atoms with E-state index in [9.17, 15) is 4.79 Å². The number of amides is 2. The van der Waals surface area contributed by atoms with Gasteiger partial charge in [0.1, 0.15) is 0 Å². The standard InChI is InChI=1S/C18H26N4O2/c1-14(12-18(2,3)24-4)21-17(23)19-13-15-7-5-8-16(11-15)22-10-6-9-20-22/h5-11,14H,12-13H2,1-4H3,(H2,19,21,23)/t14-/m0/s1. The van der Waals surface area contributed by atoms with E-state index in [0.717, 1.165) is 17.7 Å². The lowest BCUT2D eigenvalue weighted by molar-refractivity contribution is 0.00950. The van der Waals surface area contributed by atoms with Gasteiger partial charge in [0.05, 0.1) is 11.3 Å². The molecule has 1 aromatic heterocycles. The van der Waals surface area contributed by atoms with Crippen molar-refractivity contribution >= 4 is 6.03 Å². The van der Waals surface area contributed by atoms with Crippen LogP contribution in [0.3, 0.4) is 0 Å². The predicted octanol–water partition coefficient (Wildman–Crippen LogP) is 2.88. The number of nitrogens with one attached hydrogen (secondary N) is 2. The van der Waals surface area contributed by atoms with E-state index in [1.54, 1.807) is 18.0 Å². The van der Waals surface area contributed by atoms with E-state index in [4.69, 9.17) is 4.74 Å². The summed E-state index contributed by atoms with van der Waals surface area (Å²) in [6, 6.07) is 9.63. The molecule has 0 saturated carbocycles. The Hall–Kier alpha value is -2.34. The van der Waals surface area contributed by atoms with Crippen molar-refractivity contribution in [3.8, 4) is 5.69 Å². The van der Waals surface area contributed by atoms with Gasteiger partial charge in [-0.1, -0.05) is 12.1 Å². The molecule has 1 aromatic carbocycles. The van der Waals surface area contributed by atoms with Crippen LogP contribution in [0.1, 0.15) is 32.8 Å². The van der Waals surface area contributed by atoms with Gasteiger partial charge in [-0.3, -0.25) is 0 Å². The summed E-state index contributed by atoms with van der Waals surface area (Å²) in [6.45, 7) is 6.44. The largest absolute Gasteiger partial charge is 0.379 e. The Kier molecular flexibility index (Phi) is 5.98. The van der Waals surface area contributed by atoms with Crippen LogP contribution in [-0.2, 0) is 11.3 Å². The fourth-order valence-electron chi connectivity index (χ4n) is 2.56. The first-order valence-electron chi connectivity index (χ1n) is 8.08. The minimum atomic E-state index is -0.259. The Morgan fingerprint density at radius 3 is 2.83 bits per heavy atom. The van der Waals surface area contributed by atoms with E-state index in [1.807, 2.05) is 57.3 Å². The minimum absolute atomic E-state index is 0.0235. The molecule has 1 atom stereocenters. The number of aromatic nitrogens is 2. The fourth-order valence-corrected chi connectivity index (χ4v) is 2.56. The molecule has 2 aromatic rings. The van der Waals surface area contributed by atoms with Crippen molar-refractivity contribution in [3.05, 3.63) is 48.3 Å². The lowest BCUT2D eigenvalue weighted by Crippen LogP contribution is -2.43. The topological polar surface area (TPSA) is 68.2 Å². The Morgan fingerprint density at radius 2 is 2.17 bits per heavy atom. The number of rotatable bonds is 7. The van der Waals surface area contributed by atoms with E-state index >= 15 is 0 Å². The molecule has 2 rings (SSSR count). The molecule has 2 amide bonds. The van der Waals surface area contributed by atoms with E-state index in [1.165, 1.54) is 0 Å². The van der Waals surface area contributed by atoms with E-state index in [-0.39, 0.29) is 17.7 Å². The van der Waals surface area contributed by atoms with Gasteiger partial charge in [0.25, 0.3) is 0 Å². The molecule has 6 heteroatoms. The molecule has 0 aliphatic heterocycles. The molecule has 0 bridgehead atoms. The average Bonchev–Trinajstić information content (AvgIpc) is 3.07. The van der Waals surface area contributed by atoms with Crippen molar-refractivity contribution in [1.82, 2.24) is 20.4 Å². The van der Waals surface area contributed by atoms with Crippen LogP contribution in [0.15, 0.2) is 42.7 Å². The van der Waals surface area contributed by atoms with Crippen LogP contribution in [0, 0.1) is 0 Å². The van der Waals surface area contributed by atoms with Crippen molar-refractivity contribution in [2.45, 2.75) is 45.4 Å². The summed E-state index contributed by atoms with van der Waals surface area (Å²) < 4.78 is 7.18. The van der Waals surface area contributed by atoms with Gasteiger partial charge >= 0.3 is 6.03 Å². The Morgan fingerprint density at radius 1 is 1.38 bits per heavy atom. The third-order valence-electron chi connectivity index (χ3n) is 3.86. The lowest BCUT2D eigenvalue weighted by atomic mass is 10.00. The minimum Gasteiger partial charge on any atom is -0.379 e. The number of carbonyl (C=O) groups excluding carboxylic acids is 1. The number of benzene rings is 1. The normalized spacial score (nSPS) is 12.7. The van der Waals surface area contributed by atoms with Crippen molar-refractivity contribution in [1.29, 1.82) is 0 Å². The summed E-state index contributed by atoms with van der Waals surface area (Å²) in [4.78, 5) is 12.0. The fraction of sp³-hybridized carbons (Fsp3) is 0.444. The summed E-state index contributed by atoms with van der Waals surface area (Å²) in [6.07, 6.45) is 4.37. The van der Waals surface area contributed by atoms with Crippen molar-refractivity contribution < 1.29 is 9.53 Å². The summed E-state index contributed by atoms with van der Waals surface area (Å²) in [5.41, 5.74) is 1.73. The van der Waals surface area contributed by atoms with Crippen molar-refractivity contribution in [3.63, 3.8) is 0 Å². The first-order valence-corrected chi connectivity index (χ1v) is 8.08. The molecule has 2 N–H and O–H groups in total. The van der Waals surface area contributed by atoms with Gasteiger partial charge in [0, 0.05) is 32.1 Å². The maximum atomic E-state index is 12.0. The van der Waals surface area contributed by atoms with Gasteiger partial charge in [-0.2, -0.15) is 5.10 Å². The molecule has 1 heterocycles. The molecule has 0 radical (unpaired) electrons.